The number of hydrogen-bond acceptors (Lipinski definition) is 4. The maximum Gasteiger partial charge on any atom is 0.184 e. The quantitative estimate of drug-likeness (QED) is 0.377. The van der Waals surface area contributed by atoms with Gasteiger partial charge < -0.3 is 5.32 Å². The summed E-state index contributed by atoms with van der Waals surface area (Å²) in [7, 11) is 0. The Balaban J connectivity index is 1.46. The van der Waals surface area contributed by atoms with Gasteiger partial charge in [0.15, 0.2) is 5.13 Å². The van der Waals surface area contributed by atoms with Gasteiger partial charge in [-0.05, 0) is 58.7 Å². The number of benzene rings is 3. The van der Waals surface area contributed by atoms with E-state index in [2.05, 4.69) is 77.9 Å². The van der Waals surface area contributed by atoms with E-state index < -0.39 is 0 Å². The van der Waals surface area contributed by atoms with Crippen molar-refractivity contribution in [2.45, 2.75) is 13.0 Å². The van der Waals surface area contributed by atoms with Gasteiger partial charge >= 0.3 is 0 Å². The highest BCUT2D eigenvalue weighted by molar-refractivity contribution is 7.22. The van der Waals surface area contributed by atoms with Crippen LogP contribution in [0.5, 0.6) is 0 Å². The molecule has 28 heavy (non-hydrogen) atoms. The molecule has 136 valence electrons. The number of rotatable bonds is 4. The number of pyridine rings is 1. The van der Waals surface area contributed by atoms with Gasteiger partial charge in [0, 0.05) is 12.4 Å². The van der Waals surface area contributed by atoms with Crippen LogP contribution in [0.4, 0.5) is 5.13 Å². The Bertz CT molecular complexity index is 1260. The average molecular weight is 382 g/mol. The first-order valence-corrected chi connectivity index (χ1v) is 10.1. The number of fused-ring (bicyclic) bond motifs is 2. The van der Waals surface area contributed by atoms with Crippen molar-refractivity contribution < 1.29 is 0 Å². The third-order valence-corrected chi connectivity index (χ3v) is 5.98. The number of anilines is 1. The number of thiazole rings is 1. The van der Waals surface area contributed by atoms with Crippen LogP contribution in [0, 0.1) is 0 Å². The third kappa shape index (κ3) is 3.12. The summed E-state index contributed by atoms with van der Waals surface area (Å²) < 4.78 is 1.18. The standard InChI is InChI=1S/C24H19N3S/c1-16(20-8-4-6-18-5-2-3-7-21(18)20)26-24-27-22-10-9-19(15-23(22)28-24)17-11-13-25-14-12-17/h2-16H,1H3,(H,26,27). The van der Waals surface area contributed by atoms with E-state index in [4.69, 9.17) is 4.98 Å². The minimum atomic E-state index is 0.173. The average Bonchev–Trinajstić information content (AvgIpc) is 3.15. The van der Waals surface area contributed by atoms with E-state index in [-0.39, 0.29) is 6.04 Å². The molecule has 1 atom stereocenters. The van der Waals surface area contributed by atoms with E-state index in [0.29, 0.717) is 0 Å². The maximum absolute atomic E-state index is 4.79. The van der Waals surface area contributed by atoms with Gasteiger partial charge in [-0.15, -0.1) is 0 Å². The predicted molar refractivity (Wildman–Crippen MR) is 119 cm³/mol. The van der Waals surface area contributed by atoms with Gasteiger partial charge in [-0.2, -0.15) is 0 Å². The summed E-state index contributed by atoms with van der Waals surface area (Å²) in [6.45, 7) is 2.19. The van der Waals surface area contributed by atoms with E-state index in [9.17, 15) is 0 Å². The summed E-state index contributed by atoms with van der Waals surface area (Å²) in [5.41, 5.74) is 4.67. The minimum Gasteiger partial charge on any atom is -0.355 e. The molecule has 5 rings (SSSR count). The smallest absolute Gasteiger partial charge is 0.184 e. The van der Waals surface area contributed by atoms with Gasteiger partial charge in [-0.3, -0.25) is 4.98 Å². The van der Waals surface area contributed by atoms with Crippen molar-refractivity contribution in [2.75, 3.05) is 5.32 Å². The van der Waals surface area contributed by atoms with Crippen molar-refractivity contribution in [3.63, 3.8) is 0 Å². The first kappa shape index (κ1) is 16.9. The molecular formula is C24H19N3S. The predicted octanol–water partition coefficient (Wildman–Crippen LogP) is 6.68. The molecule has 0 amide bonds. The molecule has 0 aliphatic carbocycles. The van der Waals surface area contributed by atoms with Gasteiger partial charge in [0.1, 0.15) is 0 Å². The number of hydrogen-bond donors (Lipinski definition) is 1. The third-order valence-electron chi connectivity index (χ3n) is 5.03. The van der Waals surface area contributed by atoms with E-state index in [1.54, 1.807) is 11.3 Å². The zero-order valence-electron chi connectivity index (χ0n) is 15.5. The maximum atomic E-state index is 4.79. The molecule has 2 aromatic heterocycles. The molecule has 0 aliphatic rings. The fourth-order valence-corrected chi connectivity index (χ4v) is 4.59. The second-order valence-corrected chi connectivity index (χ2v) is 7.90. The first-order chi connectivity index (χ1) is 13.8. The highest BCUT2D eigenvalue weighted by Gasteiger charge is 2.12. The van der Waals surface area contributed by atoms with Gasteiger partial charge in [0.25, 0.3) is 0 Å². The molecule has 3 nitrogen and oxygen atoms in total. The molecule has 0 saturated heterocycles. The fraction of sp³-hybridized carbons (Fsp3) is 0.0833. The highest BCUT2D eigenvalue weighted by Crippen LogP contribution is 2.33. The van der Waals surface area contributed by atoms with Crippen molar-refractivity contribution >= 4 is 37.5 Å². The second kappa shape index (κ2) is 7.06. The zero-order valence-corrected chi connectivity index (χ0v) is 16.3. The largest absolute Gasteiger partial charge is 0.355 e. The molecule has 0 aliphatic heterocycles. The molecule has 0 radical (unpaired) electrons. The minimum absolute atomic E-state index is 0.173. The molecule has 0 spiro atoms. The molecule has 0 bridgehead atoms. The molecule has 0 saturated carbocycles. The molecule has 5 aromatic rings. The van der Waals surface area contributed by atoms with Crippen LogP contribution in [-0.2, 0) is 0 Å². The molecule has 1 unspecified atom stereocenters. The van der Waals surface area contributed by atoms with E-state index in [1.165, 1.54) is 32.2 Å². The topological polar surface area (TPSA) is 37.8 Å². The summed E-state index contributed by atoms with van der Waals surface area (Å²) >= 11 is 1.70. The fourth-order valence-electron chi connectivity index (χ4n) is 3.60. The Morgan fingerprint density at radius 1 is 0.857 bits per heavy atom. The lowest BCUT2D eigenvalue weighted by Crippen LogP contribution is -2.06. The van der Waals surface area contributed by atoms with Crippen LogP contribution in [0.2, 0.25) is 0 Å². The second-order valence-electron chi connectivity index (χ2n) is 6.87. The van der Waals surface area contributed by atoms with Crippen LogP contribution >= 0.6 is 11.3 Å². The van der Waals surface area contributed by atoms with Crippen molar-refractivity contribution in [3.8, 4) is 11.1 Å². The van der Waals surface area contributed by atoms with E-state index in [1.807, 2.05) is 24.5 Å². The number of aromatic nitrogens is 2. The lowest BCUT2D eigenvalue weighted by molar-refractivity contribution is 0.892. The van der Waals surface area contributed by atoms with Crippen molar-refractivity contribution in [2.24, 2.45) is 0 Å². The van der Waals surface area contributed by atoms with Crippen LogP contribution in [0.25, 0.3) is 32.1 Å². The molecule has 4 heteroatoms. The molecular weight excluding hydrogens is 362 g/mol. The number of nitrogens with one attached hydrogen (secondary N) is 1. The van der Waals surface area contributed by atoms with Gasteiger partial charge in [0.2, 0.25) is 0 Å². The molecule has 1 N–H and O–H groups in total. The Hall–Kier alpha value is -3.24. The SMILES string of the molecule is CC(Nc1nc2ccc(-c3ccncc3)cc2s1)c1cccc2ccccc12. The van der Waals surface area contributed by atoms with Crippen LogP contribution in [0.1, 0.15) is 18.5 Å². The molecule has 2 heterocycles. The lowest BCUT2D eigenvalue weighted by atomic mass is 10.00. The highest BCUT2D eigenvalue weighted by atomic mass is 32.1. The van der Waals surface area contributed by atoms with Gasteiger partial charge in [0.05, 0.1) is 16.3 Å². The van der Waals surface area contributed by atoms with Gasteiger partial charge in [-0.1, -0.05) is 59.9 Å². The Morgan fingerprint density at radius 2 is 1.68 bits per heavy atom. The zero-order chi connectivity index (χ0) is 18.9. The lowest BCUT2D eigenvalue weighted by Gasteiger charge is -2.15. The summed E-state index contributed by atoms with van der Waals surface area (Å²) in [5, 5.41) is 7.09. The molecule has 0 fully saturated rings. The van der Waals surface area contributed by atoms with Crippen molar-refractivity contribution in [1.29, 1.82) is 0 Å². The summed E-state index contributed by atoms with van der Waals surface area (Å²) in [6, 6.07) is 25.6. The van der Waals surface area contributed by atoms with E-state index >= 15 is 0 Å². The van der Waals surface area contributed by atoms with E-state index in [0.717, 1.165) is 10.6 Å². The monoisotopic (exact) mass is 381 g/mol. The number of nitrogens with zero attached hydrogens (tertiary/aromatic N) is 2. The van der Waals surface area contributed by atoms with Crippen molar-refractivity contribution in [3.05, 3.63) is 90.8 Å². The Morgan fingerprint density at radius 3 is 2.57 bits per heavy atom. The van der Waals surface area contributed by atoms with Gasteiger partial charge in [-0.25, -0.2) is 4.98 Å². The summed E-state index contributed by atoms with van der Waals surface area (Å²) in [4.78, 5) is 8.89. The Labute approximate surface area is 167 Å². The Kier molecular flexibility index (Phi) is 4.26. The first-order valence-electron chi connectivity index (χ1n) is 9.33. The van der Waals surface area contributed by atoms with Crippen molar-refractivity contribution in [1.82, 2.24) is 9.97 Å². The summed E-state index contributed by atoms with van der Waals surface area (Å²) in [6.07, 6.45) is 3.65. The summed E-state index contributed by atoms with van der Waals surface area (Å²) in [5.74, 6) is 0. The van der Waals surface area contributed by atoms with Crippen LogP contribution < -0.4 is 5.32 Å². The normalized spacial score (nSPS) is 12.3. The molecule has 3 aromatic carbocycles. The van der Waals surface area contributed by atoms with Crippen LogP contribution in [0.15, 0.2) is 85.2 Å². The van der Waals surface area contributed by atoms with Crippen LogP contribution in [0.3, 0.4) is 0 Å². The van der Waals surface area contributed by atoms with Crippen LogP contribution in [-0.4, -0.2) is 9.97 Å².